The van der Waals surface area contributed by atoms with Crippen molar-refractivity contribution in [3.05, 3.63) is 46.4 Å². The second kappa shape index (κ2) is 7.18. The van der Waals surface area contributed by atoms with Crippen molar-refractivity contribution in [3.8, 4) is 11.5 Å². The van der Waals surface area contributed by atoms with Crippen LogP contribution in [-0.2, 0) is 11.3 Å². The molecule has 0 aliphatic rings. The van der Waals surface area contributed by atoms with Crippen molar-refractivity contribution in [1.29, 1.82) is 0 Å². The fourth-order valence-corrected chi connectivity index (χ4v) is 1.66. The van der Waals surface area contributed by atoms with Crippen LogP contribution in [0.5, 0.6) is 11.5 Å². The van der Waals surface area contributed by atoms with Gasteiger partial charge in [-0.15, -0.1) is 0 Å². The molecule has 0 spiro atoms. The molecule has 1 amide bonds. The molecule has 0 saturated carbocycles. The molecule has 2 rings (SSSR count). The van der Waals surface area contributed by atoms with E-state index in [1.165, 1.54) is 6.07 Å². The molecular weight excluding hydrogens is 274 g/mol. The van der Waals surface area contributed by atoms with E-state index in [4.69, 9.17) is 9.47 Å². The predicted octanol–water partition coefficient (Wildman–Crippen LogP) is 0.797. The Bertz CT molecular complexity index is 630. The van der Waals surface area contributed by atoms with E-state index in [2.05, 4.69) is 15.5 Å². The monoisotopic (exact) mass is 291 g/mol. The summed E-state index contributed by atoms with van der Waals surface area (Å²) in [6, 6.07) is 8.42. The zero-order chi connectivity index (χ0) is 15.1. The summed E-state index contributed by atoms with van der Waals surface area (Å²) in [6.07, 6.45) is 0. The van der Waals surface area contributed by atoms with Gasteiger partial charge in [0.05, 0.1) is 18.8 Å². The van der Waals surface area contributed by atoms with E-state index in [1.54, 1.807) is 24.3 Å². The number of nitrogens with one attached hydrogen (secondary N) is 3. The molecule has 112 valence electrons. The van der Waals surface area contributed by atoms with Gasteiger partial charge in [-0.2, -0.15) is 0 Å². The van der Waals surface area contributed by atoms with Crippen LogP contribution < -0.4 is 20.3 Å². The highest BCUT2D eigenvalue weighted by Crippen LogP contribution is 2.17. The summed E-state index contributed by atoms with van der Waals surface area (Å²) in [4.78, 5) is 22.5. The van der Waals surface area contributed by atoms with Gasteiger partial charge >= 0.3 is 0 Å². The van der Waals surface area contributed by atoms with E-state index < -0.39 is 0 Å². The smallest absolute Gasteiger partial charge is 0.264 e. The first-order chi connectivity index (χ1) is 10.2. The van der Waals surface area contributed by atoms with Crippen molar-refractivity contribution in [3.63, 3.8) is 0 Å². The van der Waals surface area contributed by atoms with Gasteiger partial charge in [0.25, 0.3) is 11.5 Å². The molecule has 7 heteroatoms. The third-order valence-corrected chi connectivity index (χ3v) is 2.63. The Kier molecular flexibility index (Phi) is 5.03. The van der Waals surface area contributed by atoms with E-state index in [9.17, 15) is 9.59 Å². The fourth-order valence-electron chi connectivity index (χ4n) is 1.66. The molecule has 0 radical (unpaired) electrons. The first-order valence-corrected chi connectivity index (χ1v) is 6.56. The molecule has 0 bridgehead atoms. The van der Waals surface area contributed by atoms with Crippen LogP contribution in [0.1, 0.15) is 12.6 Å². The van der Waals surface area contributed by atoms with Crippen LogP contribution in [0.15, 0.2) is 35.1 Å². The summed E-state index contributed by atoms with van der Waals surface area (Å²) in [5.41, 5.74) is 0.374. The second-order valence-corrected chi connectivity index (χ2v) is 4.25. The Balaban J connectivity index is 1.74. The number of carbonyl (C=O) groups is 1. The molecule has 0 unspecified atom stereocenters. The van der Waals surface area contributed by atoms with Crippen molar-refractivity contribution in [2.75, 3.05) is 13.2 Å². The van der Waals surface area contributed by atoms with Gasteiger partial charge in [0.15, 0.2) is 6.61 Å². The lowest BCUT2D eigenvalue weighted by Crippen LogP contribution is -2.28. The summed E-state index contributed by atoms with van der Waals surface area (Å²) in [7, 11) is 0. The maximum atomic E-state index is 11.6. The highest BCUT2D eigenvalue weighted by Gasteiger charge is 2.04. The van der Waals surface area contributed by atoms with Gasteiger partial charge in [0.1, 0.15) is 11.5 Å². The Labute approximate surface area is 121 Å². The number of carbonyl (C=O) groups excluding carboxylic acids is 1. The minimum absolute atomic E-state index is 0.0946. The van der Waals surface area contributed by atoms with Crippen molar-refractivity contribution in [2.45, 2.75) is 13.5 Å². The Morgan fingerprint density at radius 3 is 2.38 bits per heavy atom. The molecule has 1 heterocycles. The van der Waals surface area contributed by atoms with Crippen LogP contribution >= 0.6 is 0 Å². The molecule has 1 aromatic carbocycles. The lowest BCUT2D eigenvalue weighted by atomic mass is 10.3. The van der Waals surface area contributed by atoms with E-state index >= 15 is 0 Å². The molecule has 3 N–H and O–H groups in total. The minimum Gasteiger partial charge on any atom is -0.494 e. The molecule has 0 fully saturated rings. The highest BCUT2D eigenvalue weighted by molar-refractivity contribution is 5.77. The maximum Gasteiger partial charge on any atom is 0.264 e. The highest BCUT2D eigenvalue weighted by atomic mass is 16.5. The standard InChI is InChI=1S/C14H17N3O4/c1-2-20-11-3-5-12(6-4-11)21-9-14(19)15-8-10-7-13(18)17-16-10/h3-7H,2,8-9H2,1H3,(H,15,19)(H2,16,17,18). The number of benzene rings is 1. The number of hydrogen-bond donors (Lipinski definition) is 3. The molecule has 2 aromatic rings. The maximum absolute atomic E-state index is 11.6. The predicted molar refractivity (Wildman–Crippen MR) is 76.4 cm³/mol. The van der Waals surface area contributed by atoms with Crippen molar-refractivity contribution in [2.24, 2.45) is 0 Å². The Morgan fingerprint density at radius 1 is 1.14 bits per heavy atom. The lowest BCUT2D eigenvalue weighted by molar-refractivity contribution is -0.123. The molecule has 7 nitrogen and oxygen atoms in total. The van der Waals surface area contributed by atoms with Crippen LogP contribution in [0.3, 0.4) is 0 Å². The quantitative estimate of drug-likeness (QED) is 0.703. The summed E-state index contributed by atoms with van der Waals surface area (Å²) in [5.74, 6) is 1.07. The number of amides is 1. The largest absolute Gasteiger partial charge is 0.494 e. The average Bonchev–Trinajstić information content (AvgIpc) is 2.90. The molecule has 0 saturated heterocycles. The summed E-state index contributed by atoms with van der Waals surface area (Å²) in [6.45, 7) is 2.66. The van der Waals surface area contributed by atoms with Gasteiger partial charge in [-0.25, -0.2) is 0 Å². The zero-order valence-electron chi connectivity index (χ0n) is 11.6. The first kappa shape index (κ1) is 14.7. The number of rotatable bonds is 7. The molecule has 0 aliphatic heterocycles. The molecule has 1 aromatic heterocycles. The topological polar surface area (TPSA) is 96.2 Å². The number of ether oxygens (including phenoxy) is 2. The third-order valence-electron chi connectivity index (χ3n) is 2.63. The summed E-state index contributed by atoms with van der Waals surface area (Å²) < 4.78 is 10.7. The number of hydrogen-bond acceptors (Lipinski definition) is 4. The second-order valence-electron chi connectivity index (χ2n) is 4.25. The molecule has 21 heavy (non-hydrogen) atoms. The number of H-pyrrole nitrogens is 2. The van der Waals surface area contributed by atoms with Crippen LogP contribution in [-0.4, -0.2) is 29.3 Å². The van der Waals surface area contributed by atoms with Crippen molar-refractivity contribution < 1.29 is 14.3 Å². The summed E-state index contributed by atoms with van der Waals surface area (Å²) >= 11 is 0. The summed E-state index contributed by atoms with van der Waals surface area (Å²) in [5, 5.41) is 7.67. The zero-order valence-corrected chi connectivity index (χ0v) is 11.6. The van der Waals surface area contributed by atoms with Crippen LogP contribution in [0.2, 0.25) is 0 Å². The van der Waals surface area contributed by atoms with Gasteiger partial charge in [0.2, 0.25) is 0 Å². The first-order valence-electron chi connectivity index (χ1n) is 6.56. The van der Waals surface area contributed by atoms with Crippen molar-refractivity contribution in [1.82, 2.24) is 15.5 Å². The van der Waals surface area contributed by atoms with Gasteiger partial charge in [-0.05, 0) is 31.2 Å². The number of aromatic nitrogens is 2. The minimum atomic E-state index is -0.272. The Morgan fingerprint density at radius 2 is 1.81 bits per heavy atom. The van der Waals surface area contributed by atoms with Crippen LogP contribution in [0.25, 0.3) is 0 Å². The normalized spacial score (nSPS) is 10.1. The van der Waals surface area contributed by atoms with Gasteiger partial charge in [-0.3, -0.25) is 14.7 Å². The SMILES string of the molecule is CCOc1ccc(OCC(=O)NCc2cc(=O)[nH][nH]2)cc1. The lowest BCUT2D eigenvalue weighted by Gasteiger charge is -2.08. The van der Waals surface area contributed by atoms with E-state index in [0.29, 0.717) is 18.1 Å². The van der Waals surface area contributed by atoms with Gasteiger partial charge < -0.3 is 19.9 Å². The number of aromatic amines is 2. The fraction of sp³-hybridized carbons (Fsp3) is 0.286. The molecule has 0 aliphatic carbocycles. The van der Waals surface area contributed by atoms with Crippen LogP contribution in [0, 0.1) is 0 Å². The Hall–Kier alpha value is -2.70. The van der Waals surface area contributed by atoms with Gasteiger partial charge in [-0.1, -0.05) is 0 Å². The van der Waals surface area contributed by atoms with Crippen molar-refractivity contribution >= 4 is 5.91 Å². The molecule has 0 atom stereocenters. The van der Waals surface area contributed by atoms with E-state index in [-0.39, 0.29) is 24.6 Å². The van der Waals surface area contributed by atoms with Gasteiger partial charge in [0, 0.05) is 6.07 Å². The van der Waals surface area contributed by atoms with E-state index in [1.807, 2.05) is 6.92 Å². The van der Waals surface area contributed by atoms with Crippen LogP contribution in [0.4, 0.5) is 0 Å². The third kappa shape index (κ3) is 4.72. The average molecular weight is 291 g/mol. The molecular formula is C14H17N3O4. The van der Waals surface area contributed by atoms with E-state index in [0.717, 1.165) is 5.75 Å².